The van der Waals surface area contributed by atoms with Crippen molar-refractivity contribution < 1.29 is 17.9 Å². The van der Waals surface area contributed by atoms with Gasteiger partial charge in [-0.15, -0.1) is 0 Å². The summed E-state index contributed by atoms with van der Waals surface area (Å²) >= 11 is 0. The molecule has 6 nitrogen and oxygen atoms in total. The molecule has 2 aliphatic heterocycles. The zero-order chi connectivity index (χ0) is 17.2. The number of piperidine rings is 1. The highest BCUT2D eigenvalue weighted by molar-refractivity contribution is 7.89. The monoisotopic (exact) mass is 350 g/mol. The van der Waals surface area contributed by atoms with Crippen LogP contribution < -0.4 is 10.1 Å². The molecule has 1 saturated heterocycles. The van der Waals surface area contributed by atoms with E-state index in [0.29, 0.717) is 31.5 Å². The number of para-hydroxylation sites is 1. The topological polar surface area (TPSA) is 75.7 Å². The molecule has 24 heavy (non-hydrogen) atoms. The van der Waals surface area contributed by atoms with Crippen LogP contribution in [0.5, 0.6) is 5.75 Å². The molecule has 0 aliphatic carbocycles. The molecule has 1 N–H and O–H groups in total. The predicted molar refractivity (Wildman–Crippen MR) is 92.1 cm³/mol. The molecule has 7 heteroatoms. The van der Waals surface area contributed by atoms with Gasteiger partial charge in [-0.3, -0.25) is 4.79 Å². The number of benzene rings is 1. The fourth-order valence-electron chi connectivity index (χ4n) is 2.99. The maximum Gasteiger partial charge on any atom is 0.250 e. The lowest BCUT2D eigenvalue weighted by Gasteiger charge is -2.31. The molecule has 0 aromatic heterocycles. The number of amides is 1. The number of nitrogens with zero attached hydrogens (tertiary/aromatic N) is 1. The minimum absolute atomic E-state index is 0.00104. The molecule has 1 fully saturated rings. The van der Waals surface area contributed by atoms with Gasteiger partial charge in [-0.25, -0.2) is 12.7 Å². The Morgan fingerprint density at radius 1 is 1.29 bits per heavy atom. The quantitative estimate of drug-likeness (QED) is 0.890. The number of sulfonamides is 1. The average molecular weight is 350 g/mol. The van der Waals surface area contributed by atoms with E-state index < -0.39 is 10.0 Å². The van der Waals surface area contributed by atoms with Crippen LogP contribution >= 0.6 is 0 Å². The Kier molecular flexibility index (Phi) is 4.91. The van der Waals surface area contributed by atoms with Gasteiger partial charge >= 0.3 is 0 Å². The van der Waals surface area contributed by atoms with Crippen LogP contribution in [-0.4, -0.2) is 50.1 Å². The third-order valence-corrected chi connectivity index (χ3v) is 6.35. The van der Waals surface area contributed by atoms with Crippen LogP contribution in [-0.2, 0) is 14.8 Å². The van der Waals surface area contributed by atoms with Crippen molar-refractivity contribution in [1.29, 1.82) is 0 Å². The summed E-state index contributed by atoms with van der Waals surface area (Å²) in [5.41, 5.74) is 1.50. The summed E-state index contributed by atoms with van der Waals surface area (Å²) in [5, 5.41) is 3.00. The molecule has 0 spiro atoms. The number of nitrogens with one attached hydrogen (secondary N) is 1. The summed E-state index contributed by atoms with van der Waals surface area (Å²) in [7, 11) is -3.14. The molecule has 1 aromatic rings. The van der Waals surface area contributed by atoms with Crippen LogP contribution in [0.4, 0.5) is 0 Å². The molecular weight excluding hydrogens is 328 g/mol. The number of carbonyl (C=O) groups excluding carboxylic acids is 1. The summed E-state index contributed by atoms with van der Waals surface area (Å²) in [6.45, 7) is 2.82. The van der Waals surface area contributed by atoms with Crippen molar-refractivity contribution in [1.82, 2.24) is 9.62 Å². The minimum Gasteiger partial charge on any atom is -0.488 e. The summed E-state index contributed by atoms with van der Waals surface area (Å²) in [4.78, 5) is 12.4. The molecule has 130 valence electrons. The Labute approximate surface area is 142 Å². The van der Waals surface area contributed by atoms with E-state index in [1.165, 1.54) is 4.31 Å². The molecule has 0 unspecified atom stereocenters. The van der Waals surface area contributed by atoms with Gasteiger partial charge in [0, 0.05) is 24.7 Å². The maximum atomic E-state index is 12.4. The van der Waals surface area contributed by atoms with Gasteiger partial charge in [0.15, 0.2) is 0 Å². The Morgan fingerprint density at radius 3 is 2.71 bits per heavy atom. The van der Waals surface area contributed by atoms with Gasteiger partial charge in [-0.1, -0.05) is 18.2 Å². The average Bonchev–Trinajstić information content (AvgIpc) is 2.61. The molecule has 1 amide bonds. The highest BCUT2D eigenvalue weighted by atomic mass is 32.2. The number of rotatable bonds is 4. The summed E-state index contributed by atoms with van der Waals surface area (Å²) in [5.74, 6) is 0.765. The van der Waals surface area contributed by atoms with E-state index in [-0.39, 0.29) is 24.3 Å². The molecule has 2 aliphatic rings. The molecule has 0 saturated carbocycles. The molecular formula is C17H22N2O4S. The Morgan fingerprint density at radius 2 is 2.00 bits per heavy atom. The highest BCUT2D eigenvalue weighted by Crippen LogP contribution is 2.26. The number of hydrogen-bond acceptors (Lipinski definition) is 4. The van der Waals surface area contributed by atoms with Gasteiger partial charge in [0.1, 0.15) is 12.4 Å². The third-order valence-electron chi connectivity index (χ3n) is 4.47. The van der Waals surface area contributed by atoms with Crippen LogP contribution in [0.25, 0.3) is 6.08 Å². The normalized spacial score (nSPS) is 19.1. The molecule has 0 atom stereocenters. The highest BCUT2D eigenvalue weighted by Gasteiger charge is 2.28. The van der Waals surface area contributed by atoms with E-state index in [1.54, 1.807) is 6.92 Å². The number of carbonyl (C=O) groups is 1. The van der Waals surface area contributed by atoms with E-state index in [2.05, 4.69) is 5.32 Å². The van der Waals surface area contributed by atoms with Crippen LogP contribution in [0, 0.1) is 0 Å². The summed E-state index contributed by atoms with van der Waals surface area (Å²) in [6, 6.07) is 7.60. The first-order chi connectivity index (χ1) is 11.5. The lowest BCUT2D eigenvalue weighted by molar-refractivity contribution is -0.118. The smallest absolute Gasteiger partial charge is 0.250 e. The van der Waals surface area contributed by atoms with E-state index >= 15 is 0 Å². The largest absolute Gasteiger partial charge is 0.488 e. The van der Waals surface area contributed by atoms with Gasteiger partial charge in [0.2, 0.25) is 10.0 Å². The number of hydrogen-bond donors (Lipinski definition) is 1. The first-order valence-electron chi connectivity index (χ1n) is 8.20. The SMILES string of the molecule is CCS(=O)(=O)N1CCC(NC(=O)C2=Cc3ccccc3OC2)CC1. The number of ether oxygens (including phenoxy) is 1. The van der Waals surface area contributed by atoms with Gasteiger partial charge in [0.05, 0.1) is 11.3 Å². The van der Waals surface area contributed by atoms with Crippen molar-refractivity contribution in [3.05, 3.63) is 35.4 Å². The van der Waals surface area contributed by atoms with Gasteiger partial charge < -0.3 is 10.1 Å². The van der Waals surface area contributed by atoms with E-state index in [9.17, 15) is 13.2 Å². The second-order valence-electron chi connectivity index (χ2n) is 6.04. The molecule has 0 radical (unpaired) electrons. The standard InChI is InChI=1S/C17H22N2O4S/c1-2-24(21,22)19-9-7-15(8-10-19)18-17(20)14-11-13-5-3-4-6-16(13)23-12-14/h3-6,11,15H,2,7-10,12H2,1H3,(H,18,20). The number of fused-ring (bicyclic) bond motifs is 1. The van der Waals surface area contributed by atoms with Crippen molar-refractivity contribution in [3.63, 3.8) is 0 Å². The molecule has 0 bridgehead atoms. The zero-order valence-electron chi connectivity index (χ0n) is 13.7. The Balaban J connectivity index is 1.58. The molecule has 3 rings (SSSR count). The fraction of sp³-hybridized carbons (Fsp3) is 0.471. The van der Waals surface area contributed by atoms with Crippen molar-refractivity contribution in [2.75, 3.05) is 25.4 Å². The van der Waals surface area contributed by atoms with E-state index in [4.69, 9.17) is 4.74 Å². The predicted octanol–water partition coefficient (Wildman–Crippen LogP) is 1.39. The maximum absolute atomic E-state index is 12.4. The second-order valence-corrected chi connectivity index (χ2v) is 8.30. The second kappa shape index (κ2) is 6.94. The van der Waals surface area contributed by atoms with Crippen molar-refractivity contribution in [2.45, 2.75) is 25.8 Å². The van der Waals surface area contributed by atoms with Crippen LogP contribution in [0.1, 0.15) is 25.3 Å². The lowest BCUT2D eigenvalue weighted by atomic mass is 10.0. The first kappa shape index (κ1) is 17.0. The van der Waals surface area contributed by atoms with Crippen LogP contribution in [0.3, 0.4) is 0 Å². The molecule has 2 heterocycles. The summed E-state index contributed by atoms with van der Waals surface area (Å²) < 4.78 is 30.8. The van der Waals surface area contributed by atoms with Crippen molar-refractivity contribution in [2.24, 2.45) is 0 Å². The minimum atomic E-state index is -3.14. The summed E-state index contributed by atoms with van der Waals surface area (Å²) in [6.07, 6.45) is 3.12. The Hall–Kier alpha value is -1.86. The van der Waals surface area contributed by atoms with E-state index in [1.807, 2.05) is 30.3 Å². The van der Waals surface area contributed by atoms with Gasteiger partial charge in [-0.05, 0) is 31.9 Å². The Bertz CT molecular complexity index is 750. The van der Waals surface area contributed by atoms with Crippen LogP contribution in [0.2, 0.25) is 0 Å². The lowest BCUT2D eigenvalue weighted by Crippen LogP contribution is -2.47. The first-order valence-corrected chi connectivity index (χ1v) is 9.81. The van der Waals surface area contributed by atoms with Gasteiger partial charge in [-0.2, -0.15) is 0 Å². The van der Waals surface area contributed by atoms with Crippen molar-refractivity contribution in [3.8, 4) is 5.75 Å². The molecule has 1 aromatic carbocycles. The zero-order valence-corrected chi connectivity index (χ0v) is 14.5. The fourth-order valence-corrected chi connectivity index (χ4v) is 4.12. The third kappa shape index (κ3) is 3.62. The van der Waals surface area contributed by atoms with Gasteiger partial charge in [0.25, 0.3) is 5.91 Å². The van der Waals surface area contributed by atoms with Crippen LogP contribution in [0.15, 0.2) is 29.8 Å². The van der Waals surface area contributed by atoms with E-state index in [0.717, 1.165) is 11.3 Å². The van der Waals surface area contributed by atoms with Crippen molar-refractivity contribution >= 4 is 22.0 Å².